The number of aromatic nitrogens is 1. The van der Waals surface area contributed by atoms with Gasteiger partial charge in [-0.05, 0) is 0 Å². The summed E-state index contributed by atoms with van der Waals surface area (Å²) in [4.78, 5) is 14.1. The van der Waals surface area contributed by atoms with E-state index in [1.165, 1.54) is 5.38 Å². The molecule has 0 aliphatic rings. The third kappa shape index (κ3) is 2.26. The molecule has 6 nitrogen and oxygen atoms in total. The van der Waals surface area contributed by atoms with Crippen LogP contribution >= 0.6 is 11.3 Å². The molecule has 2 atom stereocenters. The summed E-state index contributed by atoms with van der Waals surface area (Å²) in [7, 11) is 0. The highest BCUT2D eigenvalue weighted by Crippen LogP contribution is 2.20. The average Bonchev–Trinajstić information content (AvgIpc) is 2.64. The fraction of sp³-hybridized carbons (Fsp3) is 0.429. The minimum absolute atomic E-state index is 0.108. The van der Waals surface area contributed by atoms with Crippen LogP contribution in [0.1, 0.15) is 21.6 Å². The molecule has 0 radical (unpaired) electrons. The second kappa shape index (κ2) is 4.47. The second-order valence-electron chi connectivity index (χ2n) is 2.62. The average molecular weight is 218 g/mol. The number of carbonyl (C=O) groups is 1. The minimum atomic E-state index is -1.22. The Kier molecular flexibility index (Phi) is 3.53. The van der Waals surface area contributed by atoms with E-state index in [9.17, 15) is 15.0 Å². The molecule has 0 spiro atoms. The summed E-state index contributed by atoms with van der Waals surface area (Å²) >= 11 is 0.972. The number of aliphatic hydroxyl groups is 2. The van der Waals surface area contributed by atoms with Crippen molar-refractivity contribution < 1.29 is 20.1 Å². The molecule has 1 rings (SSSR count). The van der Waals surface area contributed by atoms with Gasteiger partial charge in [0.05, 0.1) is 6.10 Å². The lowest BCUT2D eigenvalue weighted by Crippen LogP contribution is -2.27. The summed E-state index contributed by atoms with van der Waals surface area (Å²) in [6.45, 7) is -0.108. The summed E-state index contributed by atoms with van der Waals surface area (Å²) in [5.74, 6) is -1.16. The Morgan fingerprint density at radius 1 is 1.64 bits per heavy atom. The lowest BCUT2D eigenvalue weighted by Gasteiger charge is -2.12. The van der Waals surface area contributed by atoms with E-state index < -0.39 is 18.2 Å². The number of thiazole rings is 1. The molecule has 2 unspecified atom stereocenters. The second-order valence-corrected chi connectivity index (χ2v) is 3.51. The van der Waals surface area contributed by atoms with E-state index in [0.717, 1.165) is 11.3 Å². The summed E-state index contributed by atoms with van der Waals surface area (Å²) < 4.78 is 0. The van der Waals surface area contributed by atoms with Crippen LogP contribution in [0, 0.1) is 0 Å². The Morgan fingerprint density at radius 2 is 2.29 bits per heavy atom. The Morgan fingerprint density at radius 3 is 2.71 bits per heavy atom. The van der Waals surface area contributed by atoms with E-state index in [4.69, 9.17) is 10.8 Å². The van der Waals surface area contributed by atoms with E-state index in [-0.39, 0.29) is 17.2 Å². The van der Waals surface area contributed by atoms with Crippen molar-refractivity contribution in [3.63, 3.8) is 0 Å². The van der Waals surface area contributed by atoms with E-state index in [0.29, 0.717) is 0 Å². The molecule has 0 bridgehead atoms. The summed E-state index contributed by atoms with van der Waals surface area (Å²) in [5, 5.41) is 28.6. The Hall–Kier alpha value is -1.02. The van der Waals surface area contributed by atoms with Crippen molar-refractivity contribution in [3.8, 4) is 0 Å². The summed E-state index contributed by atoms with van der Waals surface area (Å²) in [5.41, 5.74) is 4.98. The lowest BCUT2D eigenvalue weighted by atomic mass is 10.2. The first-order valence-electron chi connectivity index (χ1n) is 3.81. The van der Waals surface area contributed by atoms with Gasteiger partial charge >= 0.3 is 5.97 Å². The topological polar surface area (TPSA) is 117 Å². The van der Waals surface area contributed by atoms with Crippen LogP contribution in [0.5, 0.6) is 0 Å². The number of rotatable bonds is 4. The number of nitrogens with zero attached hydrogens (tertiary/aromatic N) is 1. The fourth-order valence-corrected chi connectivity index (χ4v) is 1.65. The van der Waals surface area contributed by atoms with Crippen LogP contribution in [-0.2, 0) is 0 Å². The molecule has 1 aromatic rings. The van der Waals surface area contributed by atoms with Gasteiger partial charge in [-0.2, -0.15) is 0 Å². The number of hydrogen-bond acceptors (Lipinski definition) is 6. The van der Waals surface area contributed by atoms with Gasteiger partial charge in [-0.15, -0.1) is 11.3 Å². The first-order chi connectivity index (χ1) is 6.56. The van der Waals surface area contributed by atoms with Gasteiger partial charge < -0.3 is 21.1 Å². The lowest BCUT2D eigenvalue weighted by molar-refractivity contribution is 0.0240. The Bertz CT molecular complexity index is 327. The zero-order valence-corrected chi connectivity index (χ0v) is 7.94. The molecule has 0 saturated heterocycles. The van der Waals surface area contributed by atoms with E-state index >= 15 is 0 Å². The number of aliphatic hydroxyl groups excluding tert-OH is 2. The number of carboxylic acid groups (broad SMARTS) is 1. The summed E-state index contributed by atoms with van der Waals surface area (Å²) in [6.07, 6.45) is -2.35. The molecule has 0 amide bonds. The van der Waals surface area contributed by atoms with E-state index in [1.807, 2.05) is 0 Å². The predicted molar refractivity (Wildman–Crippen MR) is 49.1 cm³/mol. The quantitative estimate of drug-likeness (QED) is 0.525. The van der Waals surface area contributed by atoms with Crippen molar-refractivity contribution in [1.29, 1.82) is 0 Å². The first kappa shape index (κ1) is 11.1. The summed E-state index contributed by atoms with van der Waals surface area (Å²) in [6, 6.07) is 0. The number of hydrogen-bond donors (Lipinski definition) is 4. The molecular formula is C7H10N2O4S. The molecule has 5 N–H and O–H groups in total. The van der Waals surface area contributed by atoms with Gasteiger partial charge in [-0.25, -0.2) is 9.78 Å². The highest BCUT2D eigenvalue weighted by atomic mass is 32.1. The van der Waals surface area contributed by atoms with Gasteiger partial charge in [-0.3, -0.25) is 0 Å². The fourth-order valence-electron chi connectivity index (χ4n) is 0.815. The van der Waals surface area contributed by atoms with Crippen molar-refractivity contribution in [2.45, 2.75) is 12.2 Å². The maximum absolute atomic E-state index is 10.5. The number of nitrogens with two attached hydrogens (primary N) is 1. The zero-order chi connectivity index (χ0) is 10.7. The minimum Gasteiger partial charge on any atom is -0.476 e. The largest absolute Gasteiger partial charge is 0.476 e. The van der Waals surface area contributed by atoms with E-state index in [2.05, 4.69) is 4.98 Å². The van der Waals surface area contributed by atoms with Crippen molar-refractivity contribution in [3.05, 3.63) is 16.1 Å². The molecule has 1 heterocycles. The van der Waals surface area contributed by atoms with Crippen LogP contribution in [0.2, 0.25) is 0 Å². The SMILES string of the molecule is NCC(O)C(O)c1nc(C(=O)O)cs1. The number of carboxylic acids is 1. The predicted octanol–water partition coefficient (Wildman–Crippen LogP) is -0.806. The van der Waals surface area contributed by atoms with Gasteiger partial charge in [0.1, 0.15) is 11.1 Å². The van der Waals surface area contributed by atoms with Crippen molar-refractivity contribution in [2.75, 3.05) is 6.54 Å². The van der Waals surface area contributed by atoms with Crippen LogP contribution in [0.4, 0.5) is 0 Å². The van der Waals surface area contributed by atoms with Gasteiger partial charge in [0.25, 0.3) is 0 Å². The molecule has 0 fully saturated rings. The molecule has 0 aliphatic carbocycles. The Balaban J connectivity index is 2.81. The molecule has 7 heteroatoms. The molecular weight excluding hydrogens is 208 g/mol. The third-order valence-corrected chi connectivity index (χ3v) is 2.52. The van der Waals surface area contributed by atoms with Crippen molar-refractivity contribution in [1.82, 2.24) is 4.98 Å². The van der Waals surface area contributed by atoms with Crippen LogP contribution in [0.3, 0.4) is 0 Å². The van der Waals surface area contributed by atoms with Crippen molar-refractivity contribution in [2.24, 2.45) is 5.73 Å². The molecule has 1 aromatic heterocycles. The van der Waals surface area contributed by atoms with Crippen LogP contribution < -0.4 is 5.73 Å². The molecule has 14 heavy (non-hydrogen) atoms. The Labute approximate surface area is 83.6 Å². The smallest absolute Gasteiger partial charge is 0.355 e. The highest BCUT2D eigenvalue weighted by molar-refractivity contribution is 7.09. The van der Waals surface area contributed by atoms with Gasteiger partial charge in [0, 0.05) is 11.9 Å². The molecule has 78 valence electrons. The monoisotopic (exact) mass is 218 g/mol. The third-order valence-electron chi connectivity index (χ3n) is 1.60. The number of aromatic carboxylic acids is 1. The van der Waals surface area contributed by atoms with Gasteiger partial charge in [0.15, 0.2) is 5.69 Å². The van der Waals surface area contributed by atoms with E-state index in [1.54, 1.807) is 0 Å². The van der Waals surface area contributed by atoms with Crippen molar-refractivity contribution >= 4 is 17.3 Å². The van der Waals surface area contributed by atoms with Crippen LogP contribution in [0.25, 0.3) is 0 Å². The van der Waals surface area contributed by atoms with Crippen LogP contribution in [0.15, 0.2) is 5.38 Å². The van der Waals surface area contributed by atoms with Crippen LogP contribution in [-0.4, -0.2) is 38.9 Å². The maximum Gasteiger partial charge on any atom is 0.355 e. The maximum atomic E-state index is 10.5. The highest BCUT2D eigenvalue weighted by Gasteiger charge is 2.21. The van der Waals surface area contributed by atoms with Gasteiger partial charge in [-0.1, -0.05) is 0 Å². The normalized spacial score (nSPS) is 15.1. The molecule has 0 saturated carbocycles. The molecule has 0 aliphatic heterocycles. The van der Waals surface area contributed by atoms with Gasteiger partial charge in [0.2, 0.25) is 0 Å². The first-order valence-corrected chi connectivity index (χ1v) is 4.69. The zero-order valence-electron chi connectivity index (χ0n) is 7.12. The standard InChI is InChI=1S/C7H10N2O4S/c8-1-4(10)5(11)6-9-3(2-14-6)7(12)13/h2,4-5,10-11H,1,8H2,(H,12,13). The molecule has 0 aromatic carbocycles.